The molecule has 1 unspecified atom stereocenters. The molecule has 3 nitrogen and oxygen atoms in total. The summed E-state index contributed by atoms with van der Waals surface area (Å²) in [4.78, 5) is 3.97. The Morgan fingerprint density at radius 1 is 1.17 bits per heavy atom. The summed E-state index contributed by atoms with van der Waals surface area (Å²) in [6, 6.07) is 9.04. The third-order valence-electron chi connectivity index (χ3n) is 3.83. The highest BCUT2D eigenvalue weighted by molar-refractivity contribution is 5.63. The molecule has 1 aromatic heterocycles. The van der Waals surface area contributed by atoms with Gasteiger partial charge in [-0.25, -0.2) is 4.39 Å². The van der Waals surface area contributed by atoms with E-state index >= 15 is 0 Å². The van der Waals surface area contributed by atoms with Crippen molar-refractivity contribution in [3.05, 3.63) is 54.1 Å². The molecule has 0 radical (unpaired) electrons. The maximum Gasteiger partial charge on any atom is 0.128 e. The molecular weight excluding hydrogens is 291 g/mol. The van der Waals surface area contributed by atoms with Crippen LogP contribution in [0.3, 0.4) is 0 Å². The van der Waals surface area contributed by atoms with E-state index in [9.17, 15) is 9.50 Å². The molecule has 0 saturated carbocycles. The molecule has 1 aromatic carbocycles. The average molecular weight is 316 g/mol. The smallest absolute Gasteiger partial charge is 0.128 e. The van der Waals surface area contributed by atoms with E-state index in [-0.39, 0.29) is 17.3 Å². The lowest BCUT2D eigenvalue weighted by Gasteiger charge is -2.26. The van der Waals surface area contributed by atoms with E-state index in [1.54, 1.807) is 25.4 Å². The first kappa shape index (κ1) is 17.6. The molecule has 0 fully saturated rings. The molecule has 23 heavy (non-hydrogen) atoms. The minimum atomic E-state index is -0.330. The van der Waals surface area contributed by atoms with Gasteiger partial charge >= 0.3 is 0 Å². The fraction of sp³-hybridized carbons (Fsp3) is 0.421. The second-order valence-electron chi connectivity index (χ2n) is 6.86. The van der Waals surface area contributed by atoms with E-state index in [1.807, 2.05) is 24.3 Å². The first-order chi connectivity index (χ1) is 10.9. The van der Waals surface area contributed by atoms with Gasteiger partial charge in [-0.1, -0.05) is 26.0 Å². The molecule has 0 bridgehead atoms. The molecular formula is C19H25FN2O. The Balaban J connectivity index is 1.97. The SMILES string of the molecule is CC(O)CC(C)(C)CNCc1ccc(-c2ccncc2)cc1F. The van der Waals surface area contributed by atoms with Gasteiger partial charge in [-0.15, -0.1) is 0 Å². The number of rotatable bonds is 7. The van der Waals surface area contributed by atoms with E-state index < -0.39 is 0 Å². The number of aliphatic hydroxyl groups excluding tert-OH is 1. The highest BCUT2D eigenvalue weighted by Gasteiger charge is 2.19. The lowest BCUT2D eigenvalue weighted by molar-refractivity contribution is 0.128. The van der Waals surface area contributed by atoms with Crippen molar-refractivity contribution in [1.82, 2.24) is 10.3 Å². The Morgan fingerprint density at radius 3 is 2.48 bits per heavy atom. The standard InChI is InChI=1S/C19H25FN2O/c1-14(23)11-19(2,3)13-22-12-17-5-4-16(10-18(17)20)15-6-8-21-9-7-15/h4-10,14,22-23H,11-13H2,1-3H3. The largest absolute Gasteiger partial charge is 0.393 e. The summed E-state index contributed by atoms with van der Waals surface area (Å²) in [5, 5.41) is 12.8. The van der Waals surface area contributed by atoms with E-state index in [2.05, 4.69) is 24.1 Å². The highest BCUT2D eigenvalue weighted by Crippen LogP contribution is 2.23. The topological polar surface area (TPSA) is 45.1 Å². The number of hydrogen-bond acceptors (Lipinski definition) is 3. The maximum atomic E-state index is 14.3. The number of aliphatic hydroxyl groups is 1. The zero-order chi connectivity index (χ0) is 16.9. The molecule has 2 N–H and O–H groups in total. The van der Waals surface area contributed by atoms with E-state index in [0.29, 0.717) is 18.5 Å². The van der Waals surface area contributed by atoms with Crippen LogP contribution in [0.15, 0.2) is 42.7 Å². The quantitative estimate of drug-likeness (QED) is 0.817. The van der Waals surface area contributed by atoms with Crippen LogP contribution < -0.4 is 5.32 Å². The summed E-state index contributed by atoms with van der Waals surface area (Å²) in [7, 11) is 0. The van der Waals surface area contributed by atoms with Crippen molar-refractivity contribution < 1.29 is 9.50 Å². The molecule has 2 rings (SSSR count). The van der Waals surface area contributed by atoms with E-state index in [0.717, 1.165) is 17.7 Å². The van der Waals surface area contributed by atoms with Crippen LogP contribution in [-0.2, 0) is 6.54 Å². The van der Waals surface area contributed by atoms with Crippen LogP contribution in [0.5, 0.6) is 0 Å². The van der Waals surface area contributed by atoms with Crippen LogP contribution in [-0.4, -0.2) is 22.7 Å². The minimum Gasteiger partial charge on any atom is -0.393 e. The van der Waals surface area contributed by atoms with Crippen LogP contribution in [0.1, 0.15) is 32.8 Å². The number of benzene rings is 1. The third-order valence-corrected chi connectivity index (χ3v) is 3.83. The number of halogens is 1. The van der Waals surface area contributed by atoms with Crippen molar-refractivity contribution in [2.75, 3.05) is 6.54 Å². The molecule has 4 heteroatoms. The summed E-state index contributed by atoms with van der Waals surface area (Å²) in [5.41, 5.74) is 2.43. The average Bonchev–Trinajstić information content (AvgIpc) is 2.48. The Kier molecular flexibility index (Phi) is 5.85. The van der Waals surface area contributed by atoms with Crippen molar-refractivity contribution in [3.63, 3.8) is 0 Å². The number of nitrogens with zero attached hydrogens (tertiary/aromatic N) is 1. The number of nitrogens with one attached hydrogen (secondary N) is 1. The van der Waals surface area contributed by atoms with Gasteiger partial charge in [-0.2, -0.15) is 0 Å². The van der Waals surface area contributed by atoms with Crippen LogP contribution in [0.4, 0.5) is 4.39 Å². The number of hydrogen-bond donors (Lipinski definition) is 2. The first-order valence-electron chi connectivity index (χ1n) is 7.95. The van der Waals surface area contributed by atoms with Gasteiger partial charge in [0.25, 0.3) is 0 Å². The molecule has 124 valence electrons. The monoisotopic (exact) mass is 316 g/mol. The van der Waals surface area contributed by atoms with Crippen LogP contribution >= 0.6 is 0 Å². The molecule has 0 aliphatic rings. The van der Waals surface area contributed by atoms with E-state index in [1.165, 1.54) is 0 Å². The highest BCUT2D eigenvalue weighted by atomic mass is 19.1. The van der Waals surface area contributed by atoms with Gasteiger partial charge in [0, 0.05) is 31.0 Å². The van der Waals surface area contributed by atoms with Gasteiger partial charge in [-0.3, -0.25) is 4.98 Å². The molecule has 1 atom stereocenters. The summed E-state index contributed by atoms with van der Waals surface area (Å²) < 4.78 is 14.3. The summed E-state index contributed by atoms with van der Waals surface area (Å²) in [6.45, 7) is 7.18. The van der Waals surface area contributed by atoms with Gasteiger partial charge in [-0.05, 0) is 48.1 Å². The van der Waals surface area contributed by atoms with Crippen molar-refractivity contribution in [2.45, 2.75) is 39.8 Å². The molecule has 2 aromatic rings. The van der Waals surface area contributed by atoms with Crippen molar-refractivity contribution >= 4 is 0 Å². The molecule has 0 saturated heterocycles. The van der Waals surface area contributed by atoms with Gasteiger partial charge in [0.05, 0.1) is 6.10 Å². The molecule has 0 spiro atoms. The molecule has 0 aliphatic heterocycles. The second kappa shape index (κ2) is 7.66. The van der Waals surface area contributed by atoms with E-state index in [4.69, 9.17) is 0 Å². The third kappa shape index (κ3) is 5.41. The Bertz CT molecular complexity index is 627. The van der Waals surface area contributed by atoms with Gasteiger partial charge in [0.15, 0.2) is 0 Å². The predicted octanol–water partition coefficient (Wildman–Crippen LogP) is 3.77. The second-order valence-corrected chi connectivity index (χ2v) is 6.86. The minimum absolute atomic E-state index is 0.0262. The fourth-order valence-corrected chi connectivity index (χ4v) is 2.82. The normalized spacial score (nSPS) is 13.1. The Labute approximate surface area is 137 Å². The Morgan fingerprint density at radius 2 is 1.87 bits per heavy atom. The van der Waals surface area contributed by atoms with Crippen molar-refractivity contribution in [1.29, 1.82) is 0 Å². The summed E-state index contributed by atoms with van der Waals surface area (Å²) in [5.74, 6) is -0.208. The molecule has 0 aliphatic carbocycles. The lowest BCUT2D eigenvalue weighted by atomic mass is 9.87. The van der Waals surface area contributed by atoms with Gasteiger partial charge in [0.1, 0.15) is 5.82 Å². The Hall–Kier alpha value is -1.78. The molecule has 0 amide bonds. The number of aromatic nitrogens is 1. The zero-order valence-corrected chi connectivity index (χ0v) is 14.0. The summed E-state index contributed by atoms with van der Waals surface area (Å²) in [6.07, 6.45) is 3.78. The first-order valence-corrected chi connectivity index (χ1v) is 7.95. The van der Waals surface area contributed by atoms with Crippen molar-refractivity contribution in [3.8, 4) is 11.1 Å². The van der Waals surface area contributed by atoms with Gasteiger partial charge in [0.2, 0.25) is 0 Å². The predicted molar refractivity (Wildman–Crippen MR) is 91.4 cm³/mol. The van der Waals surface area contributed by atoms with Crippen LogP contribution in [0.2, 0.25) is 0 Å². The van der Waals surface area contributed by atoms with Crippen molar-refractivity contribution in [2.24, 2.45) is 5.41 Å². The maximum absolute atomic E-state index is 14.3. The number of pyridine rings is 1. The fourth-order valence-electron chi connectivity index (χ4n) is 2.82. The van der Waals surface area contributed by atoms with Crippen LogP contribution in [0, 0.1) is 11.2 Å². The lowest BCUT2D eigenvalue weighted by Crippen LogP contribution is -2.31. The van der Waals surface area contributed by atoms with Crippen LogP contribution in [0.25, 0.3) is 11.1 Å². The summed E-state index contributed by atoms with van der Waals surface area (Å²) >= 11 is 0. The zero-order valence-electron chi connectivity index (χ0n) is 14.0. The van der Waals surface area contributed by atoms with Gasteiger partial charge < -0.3 is 10.4 Å². The molecule has 1 heterocycles.